The van der Waals surface area contributed by atoms with Gasteiger partial charge in [-0.3, -0.25) is 0 Å². The summed E-state index contributed by atoms with van der Waals surface area (Å²) in [5.41, 5.74) is 5.94. The molecule has 1 aliphatic carbocycles. The molecule has 0 saturated heterocycles. The number of thiazole rings is 1. The summed E-state index contributed by atoms with van der Waals surface area (Å²) >= 11 is 1.01. The van der Waals surface area contributed by atoms with Crippen molar-refractivity contribution in [1.29, 1.82) is 0 Å². The fourth-order valence-electron chi connectivity index (χ4n) is 1.45. The Morgan fingerprint density at radius 3 is 2.60 bits per heavy atom. The maximum atomic E-state index is 11.9. The summed E-state index contributed by atoms with van der Waals surface area (Å²) < 4.78 is 26.6. The lowest BCUT2D eigenvalue weighted by Crippen LogP contribution is -2.39. The summed E-state index contributed by atoms with van der Waals surface area (Å²) in [4.78, 5) is 3.91. The Morgan fingerprint density at radius 1 is 1.53 bits per heavy atom. The van der Waals surface area contributed by atoms with E-state index in [4.69, 9.17) is 5.73 Å². The molecule has 0 aromatic carbocycles. The number of nitrogens with one attached hydrogen (secondary N) is 1. The van der Waals surface area contributed by atoms with E-state index in [2.05, 4.69) is 9.71 Å². The van der Waals surface area contributed by atoms with E-state index >= 15 is 0 Å². The average molecular weight is 247 g/mol. The minimum absolute atomic E-state index is 0.0951. The monoisotopic (exact) mass is 247 g/mol. The number of nitrogens with two attached hydrogens (primary N) is 1. The van der Waals surface area contributed by atoms with Crippen molar-refractivity contribution in [1.82, 2.24) is 9.71 Å². The van der Waals surface area contributed by atoms with Crippen LogP contribution in [0.15, 0.2) is 4.21 Å². The van der Waals surface area contributed by atoms with Gasteiger partial charge in [0.15, 0.2) is 9.34 Å². The molecule has 3 N–H and O–H groups in total. The van der Waals surface area contributed by atoms with E-state index in [1.165, 1.54) is 0 Å². The van der Waals surface area contributed by atoms with Crippen LogP contribution >= 0.6 is 11.3 Å². The Bertz CT molecular complexity index is 462. The van der Waals surface area contributed by atoms with Crippen LogP contribution in [-0.4, -0.2) is 19.4 Å². The fraction of sp³-hybridized carbons (Fsp3) is 0.625. The van der Waals surface area contributed by atoms with Crippen LogP contribution in [0.5, 0.6) is 0 Å². The number of nitrogen functional groups attached to an aromatic ring is 1. The molecule has 2 rings (SSSR count). The van der Waals surface area contributed by atoms with Gasteiger partial charge in [-0.1, -0.05) is 17.8 Å². The molecule has 1 aromatic heterocycles. The van der Waals surface area contributed by atoms with Crippen molar-refractivity contribution in [2.24, 2.45) is 0 Å². The Hall–Kier alpha value is -0.660. The molecule has 1 fully saturated rings. The number of rotatable bonds is 3. The third-order valence-electron chi connectivity index (χ3n) is 2.44. The molecule has 7 heteroatoms. The van der Waals surface area contributed by atoms with Crippen molar-refractivity contribution in [3.63, 3.8) is 0 Å². The summed E-state index contributed by atoms with van der Waals surface area (Å²) in [6.07, 6.45) is 2.94. The molecule has 15 heavy (non-hydrogen) atoms. The van der Waals surface area contributed by atoms with Gasteiger partial charge in [0.1, 0.15) is 0 Å². The molecule has 1 aliphatic rings. The SMILES string of the molecule is Cc1nc(N)sc1S(=O)(=O)NC1CCC1. The highest BCUT2D eigenvalue weighted by Crippen LogP contribution is 2.27. The number of sulfonamides is 1. The van der Waals surface area contributed by atoms with E-state index < -0.39 is 10.0 Å². The Labute approximate surface area is 92.8 Å². The van der Waals surface area contributed by atoms with E-state index in [0.29, 0.717) is 10.8 Å². The van der Waals surface area contributed by atoms with E-state index in [1.807, 2.05) is 0 Å². The van der Waals surface area contributed by atoms with Gasteiger partial charge in [-0.25, -0.2) is 18.1 Å². The van der Waals surface area contributed by atoms with Crippen molar-refractivity contribution < 1.29 is 8.42 Å². The standard InChI is InChI=1S/C8H13N3O2S2/c1-5-7(14-8(9)10-5)15(12,13)11-6-3-2-4-6/h6,11H,2-4H2,1H3,(H2,9,10). The maximum absolute atomic E-state index is 11.9. The van der Waals surface area contributed by atoms with Gasteiger partial charge in [-0.05, 0) is 19.8 Å². The summed E-state index contributed by atoms with van der Waals surface area (Å²) in [5.74, 6) is 0. The molecule has 0 spiro atoms. The topological polar surface area (TPSA) is 85.1 Å². The molecule has 1 heterocycles. The Morgan fingerprint density at radius 2 is 2.20 bits per heavy atom. The lowest BCUT2D eigenvalue weighted by atomic mass is 9.94. The Kier molecular flexibility index (Phi) is 2.70. The van der Waals surface area contributed by atoms with Gasteiger partial charge in [0.25, 0.3) is 10.0 Å². The molecule has 0 aliphatic heterocycles. The predicted molar refractivity (Wildman–Crippen MR) is 59.2 cm³/mol. The number of hydrogen-bond donors (Lipinski definition) is 2. The lowest BCUT2D eigenvalue weighted by molar-refractivity contribution is 0.384. The zero-order valence-electron chi connectivity index (χ0n) is 8.36. The molecular formula is C8H13N3O2S2. The summed E-state index contributed by atoms with van der Waals surface area (Å²) in [6, 6.07) is 0.0951. The first-order valence-electron chi connectivity index (χ1n) is 4.74. The smallest absolute Gasteiger partial charge is 0.252 e. The van der Waals surface area contributed by atoms with Crippen LogP contribution in [0.2, 0.25) is 0 Å². The van der Waals surface area contributed by atoms with Crippen LogP contribution in [0.4, 0.5) is 5.13 Å². The fourth-order valence-corrected chi connectivity index (χ4v) is 4.07. The van der Waals surface area contributed by atoms with Crippen LogP contribution in [0.1, 0.15) is 25.0 Å². The van der Waals surface area contributed by atoms with Crippen molar-refractivity contribution in [2.45, 2.75) is 36.4 Å². The number of aromatic nitrogens is 1. The molecule has 5 nitrogen and oxygen atoms in total. The predicted octanol–water partition coefficient (Wildman–Crippen LogP) is 0.865. The van der Waals surface area contributed by atoms with Gasteiger partial charge in [0, 0.05) is 6.04 Å². The van der Waals surface area contributed by atoms with Gasteiger partial charge in [0.2, 0.25) is 0 Å². The zero-order valence-corrected chi connectivity index (χ0v) is 9.99. The minimum Gasteiger partial charge on any atom is -0.375 e. The second kappa shape index (κ2) is 3.73. The average Bonchev–Trinajstić information content (AvgIpc) is 2.39. The van der Waals surface area contributed by atoms with Gasteiger partial charge in [0.05, 0.1) is 5.69 Å². The number of aryl methyl sites for hydroxylation is 1. The first-order chi connectivity index (χ1) is 6.99. The van der Waals surface area contributed by atoms with Crippen LogP contribution in [-0.2, 0) is 10.0 Å². The van der Waals surface area contributed by atoms with Crippen molar-refractivity contribution in [3.05, 3.63) is 5.69 Å². The third-order valence-corrected chi connectivity index (χ3v) is 5.56. The minimum atomic E-state index is -3.40. The molecule has 0 atom stereocenters. The normalized spacial score (nSPS) is 17.7. The van der Waals surface area contributed by atoms with Crippen LogP contribution in [0.25, 0.3) is 0 Å². The molecule has 1 aromatic rings. The van der Waals surface area contributed by atoms with Crippen molar-refractivity contribution >= 4 is 26.5 Å². The largest absolute Gasteiger partial charge is 0.375 e. The number of nitrogens with zero attached hydrogens (tertiary/aromatic N) is 1. The Balaban J connectivity index is 2.24. The molecule has 1 saturated carbocycles. The molecular weight excluding hydrogens is 234 g/mol. The van der Waals surface area contributed by atoms with Gasteiger partial charge in [-0.15, -0.1) is 0 Å². The second-order valence-corrected chi connectivity index (χ2v) is 6.61. The van der Waals surface area contributed by atoms with Crippen LogP contribution in [0.3, 0.4) is 0 Å². The highest BCUT2D eigenvalue weighted by Gasteiger charge is 2.27. The summed E-state index contributed by atoms with van der Waals surface area (Å²) in [7, 11) is -3.40. The highest BCUT2D eigenvalue weighted by atomic mass is 32.2. The molecule has 0 unspecified atom stereocenters. The number of anilines is 1. The quantitative estimate of drug-likeness (QED) is 0.829. The first-order valence-corrected chi connectivity index (χ1v) is 7.04. The molecule has 0 radical (unpaired) electrons. The van der Waals surface area contributed by atoms with Crippen LogP contribution < -0.4 is 10.5 Å². The van der Waals surface area contributed by atoms with Gasteiger partial charge in [-0.2, -0.15) is 0 Å². The zero-order chi connectivity index (χ0) is 11.1. The molecule has 0 bridgehead atoms. The van der Waals surface area contributed by atoms with Crippen molar-refractivity contribution in [2.75, 3.05) is 5.73 Å². The lowest BCUT2D eigenvalue weighted by Gasteiger charge is -2.25. The second-order valence-electron chi connectivity index (χ2n) is 3.67. The number of hydrogen-bond acceptors (Lipinski definition) is 5. The van der Waals surface area contributed by atoms with E-state index in [0.717, 1.165) is 30.6 Å². The highest BCUT2D eigenvalue weighted by molar-refractivity contribution is 7.91. The first kappa shape index (κ1) is 10.8. The summed E-state index contributed by atoms with van der Waals surface area (Å²) in [5, 5.41) is 0.293. The van der Waals surface area contributed by atoms with Gasteiger partial charge < -0.3 is 5.73 Å². The molecule has 84 valence electrons. The van der Waals surface area contributed by atoms with Crippen molar-refractivity contribution in [3.8, 4) is 0 Å². The van der Waals surface area contributed by atoms with E-state index in [9.17, 15) is 8.42 Å². The van der Waals surface area contributed by atoms with Gasteiger partial charge >= 0.3 is 0 Å². The summed E-state index contributed by atoms with van der Waals surface area (Å²) in [6.45, 7) is 1.65. The molecule has 0 amide bonds. The van der Waals surface area contributed by atoms with E-state index in [-0.39, 0.29) is 10.3 Å². The third kappa shape index (κ3) is 2.14. The maximum Gasteiger partial charge on any atom is 0.252 e. The van der Waals surface area contributed by atoms with Crippen LogP contribution in [0, 0.1) is 6.92 Å². The van der Waals surface area contributed by atoms with E-state index in [1.54, 1.807) is 6.92 Å².